The summed E-state index contributed by atoms with van der Waals surface area (Å²) in [6.45, 7) is 0. The van der Waals surface area contributed by atoms with Crippen molar-refractivity contribution in [1.82, 2.24) is 0 Å². The van der Waals surface area contributed by atoms with E-state index in [1.165, 1.54) is 18.2 Å². The summed E-state index contributed by atoms with van der Waals surface area (Å²) < 4.78 is 32.4. The number of hydrogen-bond donors (Lipinski definition) is 1. The summed E-state index contributed by atoms with van der Waals surface area (Å²) in [6.07, 6.45) is 0. The van der Waals surface area contributed by atoms with Gasteiger partial charge in [0.05, 0.1) is 11.0 Å². The molecule has 0 saturated carbocycles. The van der Waals surface area contributed by atoms with Crippen LogP contribution in [0.2, 0.25) is 0 Å². The molecule has 2 aromatic rings. The number of nitro groups is 1. The Morgan fingerprint density at radius 3 is 2.57 bits per heavy atom. The zero-order valence-corrected chi connectivity index (χ0v) is 12.3. The Hall–Kier alpha value is -2.22. The van der Waals surface area contributed by atoms with Crippen LogP contribution in [0.5, 0.6) is 11.5 Å². The summed E-state index contributed by atoms with van der Waals surface area (Å²) in [5, 5.41) is 13.6. The molecule has 0 amide bonds. The maximum absolute atomic E-state index is 13.6. The summed E-state index contributed by atoms with van der Waals surface area (Å²) in [4.78, 5) is 10.2. The lowest BCUT2D eigenvalue weighted by atomic mass is 10.2. The zero-order chi connectivity index (χ0) is 15.6. The quantitative estimate of drug-likeness (QED) is 0.497. The van der Waals surface area contributed by atoms with E-state index in [1.807, 2.05) is 0 Å². The number of nitrogens with zero attached hydrogens (tertiary/aromatic N) is 1. The van der Waals surface area contributed by atoms with Crippen molar-refractivity contribution in [3.63, 3.8) is 0 Å². The highest BCUT2D eigenvalue weighted by molar-refractivity contribution is 9.10. The van der Waals surface area contributed by atoms with Gasteiger partial charge in [0.2, 0.25) is 5.82 Å². The zero-order valence-electron chi connectivity index (χ0n) is 10.7. The molecule has 0 fully saturated rings. The number of halogens is 3. The summed E-state index contributed by atoms with van der Waals surface area (Å²) >= 11 is 3.02. The molecule has 5 nitrogen and oxygen atoms in total. The largest absolute Gasteiger partial charge is 0.454 e. The van der Waals surface area contributed by atoms with Gasteiger partial charge in [-0.1, -0.05) is 15.9 Å². The van der Waals surface area contributed by atoms with E-state index in [0.717, 1.165) is 12.1 Å². The first kappa shape index (κ1) is 15.2. The van der Waals surface area contributed by atoms with Crippen molar-refractivity contribution < 1.29 is 18.4 Å². The molecule has 0 spiro atoms. The topological polar surface area (TPSA) is 64.4 Å². The lowest BCUT2D eigenvalue weighted by Gasteiger charge is -2.09. The van der Waals surface area contributed by atoms with Crippen LogP contribution in [-0.2, 0) is 0 Å². The molecule has 0 saturated heterocycles. The molecule has 0 aromatic heterocycles. The highest BCUT2D eigenvalue weighted by Gasteiger charge is 2.15. The van der Waals surface area contributed by atoms with Crippen LogP contribution in [-0.4, -0.2) is 12.0 Å². The molecule has 110 valence electrons. The Kier molecular flexibility index (Phi) is 4.37. The van der Waals surface area contributed by atoms with Gasteiger partial charge in [0.15, 0.2) is 11.6 Å². The third-order valence-corrected chi connectivity index (χ3v) is 3.04. The standard InChI is InChI=1S/C13H9BrF2N2O3/c1-17-8-4-9(18(19)20)6-10(5-8)21-12-3-7(14)2-11(15)13(12)16/h2-6,17H,1H3. The van der Waals surface area contributed by atoms with Gasteiger partial charge in [-0.15, -0.1) is 0 Å². The van der Waals surface area contributed by atoms with Crippen molar-refractivity contribution >= 4 is 27.3 Å². The SMILES string of the molecule is CNc1cc(Oc2cc(Br)cc(F)c2F)cc([N+](=O)[O-])c1. The van der Waals surface area contributed by atoms with Gasteiger partial charge in [0, 0.05) is 29.3 Å². The third kappa shape index (κ3) is 3.46. The molecule has 1 N–H and O–H groups in total. The molecule has 0 heterocycles. The van der Waals surface area contributed by atoms with Crippen molar-refractivity contribution in [2.45, 2.75) is 0 Å². The number of non-ortho nitro benzene ring substituents is 1. The highest BCUT2D eigenvalue weighted by atomic mass is 79.9. The minimum Gasteiger partial charge on any atom is -0.454 e. The Balaban J connectivity index is 2.44. The maximum Gasteiger partial charge on any atom is 0.275 e. The fraction of sp³-hybridized carbons (Fsp3) is 0.0769. The normalized spacial score (nSPS) is 10.3. The molecule has 8 heteroatoms. The lowest BCUT2D eigenvalue weighted by molar-refractivity contribution is -0.384. The van der Waals surface area contributed by atoms with E-state index in [1.54, 1.807) is 7.05 Å². The van der Waals surface area contributed by atoms with Crippen molar-refractivity contribution in [3.05, 3.63) is 56.6 Å². The van der Waals surface area contributed by atoms with Crippen LogP contribution in [0.1, 0.15) is 0 Å². The Morgan fingerprint density at radius 1 is 1.24 bits per heavy atom. The van der Waals surface area contributed by atoms with Crippen LogP contribution >= 0.6 is 15.9 Å². The van der Waals surface area contributed by atoms with Gasteiger partial charge in [-0.3, -0.25) is 10.1 Å². The van der Waals surface area contributed by atoms with Crippen LogP contribution in [0, 0.1) is 21.7 Å². The van der Waals surface area contributed by atoms with E-state index in [4.69, 9.17) is 4.74 Å². The van der Waals surface area contributed by atoms with Crippen LogP contribution in [0.15, 0.2) is 34.8 Å². The van der Waals surface area contributed by atoms with Gasteiger partial charge in [-0.25, -0.2) is 4.39 Å². The van der Waals surface area contributed by atoms with Crippen molar-refractivity contribution in [3.8, 4) is 11.5 Å². The lowest BCUT2D eigenvalue weighted by Crippen LogP contribution is -1.96. The summed E-state index contributed by atoms with van der Waals surface area (Å²) in [5.41, 5.74) is 0.183. The molecule has 0 radical (unpaired) electrons. The van der Waals surface area contributed by atoms with E-state index in [0.29, 0.717) is 5.69 Å². The summed E-state index contributed by atoms with van der Waals surface area (Å²) in [6, 6.07) is 6.04. The second-order valence-corrected chi connectivity index (χ2v) is 4.94. The number of ether oxygens (including phenoxy) is 1. The monoisotopic (exact) mass is 358 g/mol. The summed E-state index contributed by atoms with van der Waals surface area (Å²) in [7, 11) is 1.57. The minimum atomic E-state index is -1.17. The number of rotatable bonds is 4. The predicted molar refractivity (Wildman–Crippen MR) is 76.8 cm³/mol. The van der Waals surface area contributed by atoms with E-state index >= 15 is 0 Å². The van der Waals surface area contributed by atoms with Crippen LogP contribution in [0.4, 0.5) is 20.2 Å². The van der Waals surface area contributed by atoms with Crippen LogP contribution in [0.3, 0.4) is 0 Å². The molecular formula is C13H9BrF2N2O3. The molecular weight excluding hydrogens is 350 g/mol. The number of benzene rings is 2. The Bertz CT molecular complexity index is 710. The third-order valence-electron chi connectivity index (χ3n) is 2.58. The number of hydrogen-bond acceptors (Lipinski definition) is 4. The van der Waals surface area contributed by atoms with Gasteiger partial charge < -0.3 is 10.1 Å². The number of nitro benzene ring substituents is 1. The fourth-order valence-corrected chi connectivity index (χ4v) is 2.03. The Morgan fingerprint density at radius 2 is 1.95 bits per heavy atom. The minimum absolute atomic E-state index is 0.0185. The second kappa shape index (κ2) is 6.04. The first-order valence-corrected chi connectivity index (χ1v) is 6.49. The van der Waals surface area contributed by atoms with Gasteiger partial charge in [0.1, 0.15) is 5.75 Å². The fourth-order valence-electron chi connectivity index (χ4n) is 1.63. The molecule has 0 bridgehead atoms. The van der Waals surface area contributed by atoms with E-state index in [2.05, 4.69) is 21.2 Å². The van der Waals surface area contributed by atoms with Crippen molar-refractivity contribution in [2.24, 2.45) is 0 Å². The maximum atomic E-state index is 13.6. The molecule has 0 aliphatic rings. The second-order valence-electron chi connectivity index (χ2n) is 4.02. The van der Waals surface area contributed by atoms with Gasteiger partial charge in [-0.05, 0) is 12.1 Å². The molecule has 0 atom stereocenters. The molecule has 0 unspecified atom stereocenters. The van der Waals surface area contributed by atoms with Crippen LogP contribution in [0.25, 0.3) is 0 Å². The van der Waals surface area contributed by atoms with Crippen LogP contribution < -0.4 is 10.1 Å². The van der Waals surface area contributed by atoms with Gasteiger partial charge >= 0.3 is 0 Å². The highest BCUT2D eigenvalue weighted by Crippen LogP contribution is 2.33. The average Bonchev–Trinajstić information content (AvgIpc) is 2.43. The first-order valence-electron chi connectivity index (χ1n) is 5.70. The number of anilines is 1. The van der Waals surface area contributed by atoms with E-state index < -0.39 is 16.6 Å². The van der Waals surface area contributed by atoms with Gasteiger partial charge in [0.25, 0.3) is 5.69 Å². The van der Waals surface area contributed by atoms with E-state index in [-0.39, 0.29) is 21.7 Å². The Labute approximate surface area is 126 Å². The number of nitrogens with one attached hydrogen (secondary N) is 1. The smallest absolute Gasteiger partial charge is 0.275 e. The molecule has 21 heavy (non-hydrogen) atoms. The molecule has 0 aliphatic carbocycles. The molecule has 0 aliphatic heterocycles. The van der Waals surface area contributed by atoms with E-state index in [9.17, 15) is 18.9 Å². The van der Waals surface area contributed by atoms with Gasteiger partial charge in [-0.2, -0.15) is 4.39 Å². The predicted octanol–water partition coefficient (Wildman–Crippen LogP) is 4.47. The first-order chi connectivity index (χ1) is 9.90. The van der Waals surface area contributed by atoms with Crippen molar-refractivity contribution in [1.29, 1.82) is 0 Å². The molecule has 2 aromatic carbocycles. The molecule has 2 rings (SSSR count). The average molecular weight is 359 g/mol. The summed E-state index contributed by atoms with van der Waals surface area (Å²) in [5.74, 6) is -2.61. The van der Waals surface area contributed by atoms with Crippen molar-refractivity contribution in [2.75, 3.05) is 12.4 Å².